The van der Waals surface area contributed by atoms with Crippen molar-refractivity contribution in [2.75, 3.05) is 0 Å². The van der Waals surface area contributed by atoms with Gasteiger partial charge in [0.25, 0.3) is 0 Å². The zero-order valence-corrected chi connectivity index (χ0v) is 9.61. The van der Waals surface area contributed by atoms with Crippen LogP contribution in [0.25, 0.3) is 11.0 Å². The molecule has 0 saturated heterocycles. The maximum atomic E-state index is 11.6. The molecule has 5 heteroatoms. The molecule has 0 amide bonds. The van der Waals surface area contributed by atoms with Gasteiger partial charge in [-0.05, 0) is 25.1 Å². The molecule has 1 aromatic carbocycles. The second-order valence-corrected chi connectivity index (χ2v) is 3.80. The van der Waals surface area contributed by atoms with Crippen molar-refractivity contribution in [3.8, 4) is 0 Å². The van der Waals surface area contributed by atoms with Crippen LogP contribution in [0.4, 0.5) is 0 Å². The van der Waals surface area contributed by atoms with E-state index in [0.717, 1.165) is 4.57 Å². The smallest absolute Gasteiger partial charge is 0.305 e. The van der Waals surface area contributed by atoms with E-state index in [9.17, 15) is 14.4 Å². The second kappa shape index (κ2) is 4.01. The molecule has 0 atom stereocenters. The minimum Gasteiger partial charge on any atom is -0.305 e. The summed E-state index contributed by atoms with van der Waals surface area (Å²) in [5, 5.41) is 0. The number of rotatable bonds is 2. The summed E-state index contributed by atoms with van der Waals surface area (Å²) in [7, 11) is 0. The van der Waals surface area contributed by atoms with E-state index in [2.05, 4.69) is 4.98 Å². The first kappa shape index (κ1) is 11.3. The number of Topliss-reactive ketones (excluding diaryl/α,β-unsaturated/α-hetero) is 1. The molecular weight excluding hydrogens is 220 g/mol. The molecule has 2 rings (SSSR count). The summed E-state index contributed by atoms with van der Waals surface area (Å²) in [6, 6.07) is 4.82. The van der Waals surface area contributed by atoms with Crippen LogP contribution in [0.15, 0.2) is 23.0 Å². The zero-order chi connectivity index (χ0) is 12.6. The number of H-pyrrole nitrogens is 1. The average Bonchev–Trinajstić information content (AvgIpc) is 2.62. The van der Waals surface area contributed by atoms with Crippen LogP contribution >= 0.6 is 0 Å². The van der Waals surface area contributed by atoms with Gasteiger partial charge in [0.1, 0.15) is 0 Å². The van der Waals surface area contributed by atoms with Gasteiger partial charge in [-0.15, -0.1) is 0 Å². The quantitative estimate of drug-likeness (QED) is 0.799. The summed E-state index contributed by atoms with van der Waals surface area (Å²) in [5.41, 5.74) is 1.03. The minimum absolute atomic E-state index is 0.101. The Balaban J connectivity index is 2.78. The highest BCUT2D eigenvalue weighted by Gasteiger charge is 2.13. The normalized spacial score (nSPS) is 10.7. The molecule has 0 aliphatic heterocycles. The van der Waals surface area contributed by atoms with Crippen LogP contribution in [-0.2, 0) is 0 Å². The van der Waals surface area contributed by atoms with Crippen molar-refractivity contribution < 1.29 is 9.59 Å². The van der Waals surface area contributed by atoms with Crippen molar-refractivity contribution >= 4 is 22.7 Å². The lowest BCUT2D eigenvalue weighted by molar-refractivity contribution is 0.0909. The third-order valence-electron chi connectivity index (χ3n) is 2.64. The minimum atomic E-state index is -0.465. The Bertz CT molecular complexity index is 664. The van der Waals surface area contributed by atoms with E-state index >= 15 is 0 Å². The molecule has 0 fully saturated rings. The van der Waals surface area contributed by atoms with Crippen molar-refractivity contribution in [1.82, 2.24) is 9.55 Å². The molecule has 2 aromatic rings. The molecule has 0 spiro atoms. The van der Waals surface area contributed by atoms with Crippen LogP contribution in [0, 0.1) is 0 Å². The van der Waals surface area contributed by atoms with Crippen molar-refractivity contribution in [2.24, 2.45) is 0 Å². The summed E-state index contributed by atoms with van der Waals surface area (Å²) >= 11 is 0. The Morgan fingerprint density at radius 1 is 1.35 bits per heavy atom. The molecule has 1 heterocycles. The highest BCUT2D eigenvalue weighted by Crippen LogP contribution is 2.13. The lowest BCUT2D eigenvalue weighted by Gasteiger charge is -2.00. The largest absolute Gasteiger partial charge is 0.333 e. The molecule has 5 nitrogen and oxygen atoms in total. The number of ketones is 1. The molecule has 1 N–H and O–H groups in total. The highest BCUT2D eigenvalue weighted by atomic mass is 16.2. The van der Waals surface area contributed by atoms with Crippen molar-refractivity contribution in [3.63, 3.8) is 0 Å². The summed E-state index contributed by atoms with van der Waals surface area (Å²) in [6.45, 7) is 3.13. The first-order valence-corrected chi connectivity index (χ1v) is 5.33. The molecule has 0 radical (unpaired) electrons. The van der Waals surface area contributed by atoms with Gasteiger partial charge in [0.15, 0.2) is 5.78 Å². The van der Waals surface area contributed by atoms with Crippen LogP contribution in [0.1, 0.15) is 35.4 Å². The van der Waals surface area contributed by atoms with Crippen molar-refractivity contribution in [3.05, 3.63) is 34.2 Å². The number of carbonyl (C=O) groups is 2. The van der Waals surface area contributed by atoms with E-state index in [1.54, 1.807) is 25.1 Å². The molecular formula is C12H12N2O3. The first-order valence-electron chi connectivity index (χ1n) is 5.33. The molecule has 1 aromatic heterocycles. The number of carbonyl (C=O) groups excluding carboxylic acids is 2. The lowest BCUT2D eigenvalue weighted by atomic mass is 10.1. The lowest BCUT2D eigenvalue weighted by Crippen LogP contribution is -2.23. The molecule has 0 unspecified atom stereocenters. The number of aromatic amines is 1. The topological polar surface area (TPSA) is 71.9 Å². The van der Waals surface area contributed by atoms with Gasteiger partial charge < -0.3 is 4.98 Å². The summed E-state index contributed by atoms with van der Waals surface area (Å²) in [4.78, 5) is 37.1. The number of aromatic nitrogens is 2. The highest BCUT2D eigenvalue weighted by molar-refractivity contribution is 5.99. The average molecular weight is 232 g/mol. The summed E-state index contributed by atoms with van der Waals surface area (Å²) in [6.07, 6.45) is 0.233. The maximum absolute atomic E-state index is 11.6. The molecule has 0 aliphatic rings. The van der Waals surface area contributed by atoms with Crippen LogP contribution in [-0.4, -0.2) is 21.2 Å². The monoisotopic (exact) mass is 232 g/mol. The number of fused-ring (bicyclic) bond motifs is 1. The van der Waals surface area contributed by atoms with Gasteiger partial charge >= 0.3 is 5.69 Å². The van der Waals surface area contributed by atoms with Crippen LogP contribution < -0.4 is 5.69 Å². The van der Waals surface area contributed by atoms with E-state index in [4.69, 9.17) is 0 Å². The van der Waals surface area contributed by atoms with Crippen molar-refractivity contribution in [1.29, 1.82) is 0 Å². The molecule has 0 saturated carbocycles. The van der Waals surface area contributed by atoms with E-state index in [1.807, 2.05) is 0 Å². The Kier molecular flexibility index (Phi) is 2.67. The van der Waals surface area contributed by atoms with E-state index < -0.39 is 5.69 Å². The fraction of sp³-hybridized carbons (Fsp3) is 0.250. The number of hydrogen-bond donors (Lipinski definition) is 1. The standard InChI is InChI=1S/C12H12N2O3/c1-3-11(16)14-10-6-8(7(2)15)4-5-9(10)13-12(14)17/h4-6H,3H2,1-2H3,(H,13,17). The van der Waals surface area contributed by atoms with E-state index in [0.29, 0.717) is 16.6 Å². The van der Waals surface area contributed by atoms with Crippen LogP contribution in [0.5, 0.6) is 0 Å². The van der Waals surface area contributed by atoms with Crippen LogP contribution in [0.3, 0.4) is 0 Å². The molecule has 17 heavy (non-hydrogen) atoms. The van der Waals surface area contributed by atoms with E-state index in [-0.39, 0.29) is 18.1 Å². The van der Waals surface area contributed by atoms with Gasteiger partial charge in [-0.1, -0.05) is 6.92 Å². The van der Waals surface area contributed by atoms with Gasteiger partial charge in [-0.3, -0.25) is 9.59 Å². The zero-order valence-electron chi connectivity index (χ0n) is 9.61. The Hall–Kier alpha value is -2.17. The first-order chi connectivity index (χ1) is 8.04. The predicted octanol–water partition coefficient (Wildman–Crippen LogP) is 1.58. The Labute approximate surface area is 97.1 Å². The summed E-state index contributed by atoms with van der Waals surface area (Å²) < 4.78 is 1.07. The van der Waals surface area contributed by atoms with Crippen molar-refractivity contribution in [2.45, 2.75) is 20.3 Å². The number of nitrogens with zero attached hydrogens (tertiary/aromatic N) is 1. The Morgan fingerprint density at radius 3 is 2.65 bits per heavy atom. The summed E-state index contributed by atoms with van der Waals surface area (Å²) in [5.74, 6) is -0.391. The second-order valence-electron chi connectivity index (χ2n) is 3.80. The maximum Gasteiger partial charge on any atom is 0.333 e. The fourth-order valence-corrected chi connectivity index (χ4v) is 1.73. The third-order valence-corrected chi connectivity index (χ3v) is 2.64. The fourth-order valence-electron chi connectivity index (χ4n) is 1.73. The number of imidazole rings is 1. The van der Waals surface area contributed by atoms with E-state index in [1.165, 1.54) is 6.92 Å². The molecule has 0 aliphatic carbocycles. The predicted molar refractivity (Wildman–Crippen MR) is 63.5 cm³/mol. The van der Waals surface area contributed by atoms with Gasteiger partial charge in [-0.25, -0.2) is 9.36 Å². The molecule has 88 valence electrons. The van der Waals surface area contributed by atoms with Gasteiger partial charge in [0, 0.05) is 12.0 Å². The SMILES string of the molecule is CCC(=O)n1c(=O)[nH]c2ccc(C(C)=O)cc21. The third kappa shape index (κ3) is 1.80. The van der Waals surface area contributed by atoms with Gasteiger partial charge in [0.2, 0.25) is 5.91 Å². The van der Waals surface area contributed by atoms with Gasteiger partial charge in [-0.2, -0.15) is 0 Å². The number of hydrogen-bond acceptors (Lipinski definition) is 3. The van der Waals surface area contributed by atoms with Gasteiger partial charge in [0.05, 0.1) is 11.0 Å². The Morgan fingerprint density at radius 2 is 2.06 bits per heavy atom. The number of nitrogens with one attached hydrogen (secondary N) is 1. The molecule has 0 bridgehead atoms. The van der Waals surface area contributed by atoms with Crippen LogP contribution in [0.2, 0.25) is 0 Å². The number of benzene rings is 1.